The Kier molecular flexibility index (Phi) is 6.84. The Balaban J connectivity index is 0.00000243. The van der Waals surface area contributed by atoms with Crippen molar-refractivity contribution in [2.75, 3.05) is 19.8 Å². The van der Waals surface area contributed by atoms with Crippen LogP contribution in [0, 0.1) is 0 Å². The number of hydrogen-bond donors (Lipinski definition) is 3. The zero-order chi connectivity index (χ0) is 17.9. The van der Waals surface area contributed by atoms with Gasteiger partial charge in [0.05, 0.1) is 25.4 Å². The number of ether oxygens (including phenoxy) is 1. The van der Waals surface area contributed by atoms with Crippen LogP contribution in [0.25, 0.3) is 21.5 Å². The van der Waals surface area contributed by atoms with E-state index in [4.69, 9.17) is 4.74 Å². The van der Waals surface area contributed by atoms with Gasteiger partial charge in [-0.25, -0.2) is 0 Å². The van der Waals surface area contributed by atoms with Gasteiger partial charge in [-0.15, -0.1) is 12.4 Å². The number of hydrogen-bond acceptors (Lipinski definition) is 4. The second-order valence-corrected chi connectivity index (χ2v) is 6.56. The van der Waals surface area contributed by atoms with Crippen molar-refractivity contribution in [2.24, 2.45) is 0 Å². The summed E-state index contributed by atoms with van der Waals surface area (Å²) in [5.74, 6) is 0.863. The monoisotopic (exact) mass is 375 g/mol. The Hall–Kier alpha value is -1.85. The highest BCUT2D eigenvalue weighted by Crippen LogP contribution is 2.38. The molecule has 5 heteroatoms. The Morgan fingerprint density at radius 3 is 1.92 bits per heavy atom. The molecule has 26 heavy (non-hydrogen) atoms. The summed E-state index contributed by atoms with van der Waals surface area (Å²) < 4.78 is 6.03. The van der Waals surface area contributed by atoms with Crippen LogP contribution in [-0.2, 0) is 6.54 Å². The highest BCUT2D eigenvalue weighted by atomic mass is 35.5. The van der Waals surface area contributed by atoms with Crippen molar-refractivity contribution in [1.82, 2.24) is 5.32 Å². The van der Waals surface area contributed by atoms with E-state index in [0.717, 1.165) is 27.5 Å². The molecule has 3 aromatic carbocycles. The van der Waals surface area contributed by atoms with Crippen LogP contribution in [0.3, 0.4) is 0 Å². The average Bonchev–Trinajstić information content (AvgIpc) is 2.67. The quantitative estimate of drug-likeness (QED) is 0.552. The number of benzene rings is 3. The zero-order valence-electron chi connectivity index (χ0n) is 15.2. The van der Waals surface area contributed by atoms with Crippen molar-refractivity contribution >= 4 is 34.0 Å². The van der Waals surface area contributed by atoms with Crippen molar-refractivity contribution in [1.29, 1.82) is 0 Å². The molecule has 0 fully saturated rings. The minimum absolute atomic E-state index is 0. The molecule has 0 aromatic heterocycles. The lowest BCUT2D eigenvalue weighted by Gasteiger charge is -2.27. The molecule has 0 saturated heterocycles. The number of fused-ring (bicyclic) bond motifs is 3. The summed E-state index contributed by atoms with van der Waals surface area (Å²) in [6.45, 7) is 4.58. The molecule has 0 radical (unpaired) electrons. The summed E-state index contributed by atoms with van der Waals surface area (Å²) in [7, 11) is 0. The lowest BCUT2D eigenvalue weighted by atomic mass is 9.95. The van der Waals surface area contributed by atoms with E-state index in [9.17, 15) is 10.2 Å². The Morgan fingerprint density at radius 2 is 1.38 bits per heavy atom. The van der Waals surface area contributed by atoms with Crippen LogP contribution in [-0.4, -0.2) is 35.6 Å². The first-order chi connectivity index (χ1) is 12.1. The number of aliphatic hydroxyl groups is 2. The van der Waals surface area contributed by atoms with E-state index in [1.165, 1.54) is 5.39 Å². The van der Waals surface area contributed by atoms with Gasteiger partial charge < -0.3 is 20.3 Å². The third-order valence-corrected chi connectivity index (χ3v) is 4.67. The van der Waals surface area contributed by atoms with Gasteiger partial charge in [-0.2, -0.15) is 0 Å². The molecule has 140 valence electrons. The molecular weight excluding hydrogens is 350 g/mol. The molecule has 3 aromatic rings. The van der Waals surface area contributed by atoms with E-state index < -0.39 is 5.54 Å². The Morgan fingerprint density at radius 1 is 0.885 bits per heavy atom. The van der Waals surface area contributed by atoms with Crippen LogP contribution in [0.4, 0.5) is 0 Å². The van der Waals surface area contributed by atoms with Crippen LogP contribution in [0.5, 0.6) is 5.75 Å². The number of nitrogens with one attached hydrogen (secondary N) is 1. The predicted octanol–water partition coefficient (Wildman–Crippen LogP) is 3.65. The molecule has 3 rings (SSSR count). The van der Waals surface area contributed by atoms with Gasteiger partial charge in [0.1, 0.15) is 5.75 Å². The van der Waals surface area contributed by atoms with E-state index in [0.29, 0.717) is 13.2 Å². The first kappa shape index (κ1) is 20.5. The van der Waals surface area contributed by atoms with Gasteiger partial charge in [-0.3, -0.25) is 0 Å². The minimum Gasteiger partial charge on any atom is -0.493 e. The first-order valence-corrected chi connectivity index (χ1v) is 8.65. The summed E-state index contributed by atoms with van der Waals surface area (Å²) >= 11 is 0. The molecular formula is C21H26ClNO3. The zero-order valence-corrected chi connectivity index (χ0v) is 16.0. The minimum atomic E-state index is -0.740. The normalized spacial score (nSPS) is 11.5. The fourth-order valence-corrected chi connectivity index (χ4v) is 3.13. The van der Waals surface area contributed by atoms with Gasteiger partial charge in [-0.1, -0.05) is 48.5 Å². The van der Waals surface area contributed by atoms with Crippen LogP contribution in [0.15, 0.2) is 48.5 Å². The van der Waals surface area contributed by atoms with Gasteiger partial charge >= 0.3 is 0 Å². The van der Waals surface area contributed by atoms with E-state index in [1.54, 1.807) is 6.92 Å². The van der Waals surface area contributed by atoms with E-state index in [-0.39, 0.29) is 25.6 Å². The molecule has 0 atom stereocenters. The van der Waals surface area contributed by atoms with Crippen molar-refractivity contribution in [3.63, 3.8) is 0 Å². The van der Waals surface area contributed by atoms with Crippen LogP contribution in [0.1, 0.15) is 19.4 Å². The summed E-state index contributed by atoms with van der Waals surface area (Å²) in [6.07, 6.45) is 0. The third kappa shape index (κ3) is 3.79. The predicted molar refractivity (Wildman–Crippen MR) is 109 cm³/mol. The molecule has 0 bridgehead atoms. The van der Waals surface area contributed by atoms with Crippen molar-refractivity contribution in [2.45, 2.75) is 25.9 Å². The molecule has 0 unspecified atom stereocenters. The van der Waals surface area contributed by atoms with Crippen LogP contribution >= 0.6 is 12.4 Å². The van der Waals surface area contributed by atoms with E-state index in [2.05, 4.69) is 29.6 Å². The molecule has 0 saturated carbocycles. The highest BCUT2D eigenvalue weighted by molar-refractivity contribution is 6.12. The number of rotatable bonds is 7. The molecule has 0 aliphatic heterocycles. The second kappa shape index (κ2) is 8.69. The fourth-order valence-electron chi connectivity index (χ4n) is 3.13. The van der Waals surface area contributed by atoms with Gasteiger partial charge in [0, 0.05) is 17.5 Å². The molecule has 0 spiro atoms. The summed E-state index contributed by atoms with van der Waals surface area (Å²) in [5.41, 5.74) is 0.306. The Labute approximate surface area is 160 Å². The molecule has 0 amide bonds. The maximum absolute atomic E-state index is 9.57. The fraction of sp³-hybridized carbons (Fsp3) is 0.333. The van der Waals surface area contributed by atoms with Crippen molar-refractivity contribution < 1.29 is 14.9 Å². The average molecular weight is 376 g/mol. The molecule has 4 nitrogen and oxygen atoms in total. The molecule has 0 aliphatic carbocycles. The SMILES string of the molecule is CCOc1c(CNC(C)(CO)CO)c2ccccc2c2ccccc12.Cl. The lowest BCUT2D eigenvalue weighted by Crippen LogP contribution is -2.48. The highest BCUT2D eigenvalue weighted by Gasteiger charge is 2.23. The summed E-state index contributed by atoms with van der Waals surface area (Å²) in [6, 6.07) is 16.5. The maximum Gasteiger partial charge on any atom is 0.132 e. The third-order valence-electron chi connectivity index (χ3n) is 4.67. The van der Waals surface area contributed by atoms with Gasteiger partial charge in [-0.05, 0) is 30.0 Å². The van der Waals surface area contributed by atoms with Crippen LogP contribution < -0.4 is 10.1 Å². The summed E-state index contributed by atoms with van der Waals surface area (Å²) in [5, 5.41) is 27.0. The van der Waals surface area contributed by atoms with Gasteiger partial charge in [0.15, 0.2) is 0 Å². The smallest absolute Gasteiger partial charge is 0.132 e. The molecule has 0 aliphatic rings. The van der Waals surface area contributed by atoms with Crippen LogP contribution in [0.2, 0.25) is 0 Å². The first-order valence-electron chi connectivity index (χ1n) is 8.65. The molecule has 3 N–H and O–H groups in total. The summed E-state index contributed by atoms with van der Waals surface area (Å²) in [4.78, 5) is 0. The Bertz CT molecular complexity index is 878. The van der Waals surface area contributed by atoms with Crippen molar-refractivity contribution in [3.8, 4) is 5.75 Å². The molecule has 0 heterocycles. The second-order valence-electron chi connectivity index (χ2n) is 6.56. The maximum atomic E-state index is 9.57. The number of aliphatic hydroxyl groups excluding tert-OH is 2. The van der Waals surface area contributed by atoms with Gasteiger partial charge in [0.2, 0.25) is 0 Å². The largest absolute Gasteiger partial charge is 0.493 e. The standard InChI is InChI=1S/C21H25NO3.ClH/c1-3-25-20-18-11-7-6-9-16(18)15-8-4-5-10-17(15)19(20)12-22-21(2,13-23)14-24;/h4-11,22-24H,3,12-14H2,1-2H3;1H. The lowest BCUT2D eigenvalue weighted by molar-refractivity contribution is 0.103. The van der Waals surface area contributed by atoms with E-state index >= 15 is 0 Å². The number of halogens is 1. The van der Waals surface area contributed by atoms with Gasteiger partial charge in [0.25, 0.3) is 0 Å². The topological polar surface area (TPSA) is 61.7 Å². The van der Waals surface area contributed by atoms with Crippen molar-refractivity contribution in [3.05, 3.63) is 54.1 Å². The van der Waals surface area contributed by atoms with E-state index in [1.807, 2.05) is 31.2 Å².